The van der Waals surface area contributed by atoms with Crippen molar-refractivity contribution in [2.75, 3.05) is 0 Å². The number of hydrogen-bond acceptors (Lipinski definition) is 1. The van der Waals surface area contributed by atoms with Gasteiger partial charge < -0.3 is 0 Å². The van der Waals surface area contributed by atoms with E-state index in [4.69, 9.17) is 4.98 Å². The van der Waals surface area contributed by atoms with Gasteiger partial charge in [0.25, 0.3) is 0 Å². The second-order valence-corrected chi connectivity index (χ2v) is 14.2. The first-order chi connectivity index (χ1) is 19.1. The Labute approximate surface area is 236 Å². The lowest BCUT2D eigenvalue weighted by Crippen LogP contribution is -2.41. The molecular formula is C38H47N. The van der Waals surface area contributed by atoms with Gasteiger partial charge in [0.2, 0.25) is 0 Å². The maximum Gasteiger partial charge on any atom is 0.0712 e. The molecule has 0 N–H and O–H groups in total. The highest BCUT2D eigenvalue weighted by Crippen LogP contribution is 2.61. The molecular weight excluding hydrogens is 470 g/mol. The van der Waals surface area contributed by atoms with E-state index in [1.807, 2.05) is 0 Å². The summed E-state index contributed by atoms with van der Waals surface area (Å²) in [6, 6.07) is 26.4. The highest BCUT2D eigenvalue weighted by atomic mass is 14.7. The Bertz CT molecular complexity index is 1160. The SMILES string of the molecule is c1ccc(-c2cc(C3CCC4(CC3)CCC3(CCC5(CCCCC5)CC3)CC4)cc(-c3ccccc3)n2)cc1. The lowest BCUT2D eigenvalue weighted by molar-refractivity contribution is -0.0204. The highest BCUT2D eigenvalue weighted by Gasteiger charge is 2.48. The second kappa shape index (κ2) is 10.5. The summed E-state index contributed by atoms with van der Waals surface area (Å²) in [5.41, 5.74) is 8.32. The van der Waals surface area contributed by atoms with Gasteiger partial charge in [-0.1, -0.05) is 79.9 Å². The minimum atomic E-state index is 0.638. The van der Waals surface area contributed by atoms with E-state index in [1.165, 1.54) is 87.3 Å². The number of hydrogen-bond donors (Lipinski definition) is 0. The fraction of sp³-hybridized carbons (Fsp3) is 0.553. The zero-order valence-corrected chi connectivity index (χ0v) is 24.0. The van der Waals surface area contributed by atoms with Crippen molar-refractivity contribution in [3.05, 3.63) is 78.4 Å². The average molecular weight is 518 g/mol. The van der Waals surface area contributed by atoms with Crippen molar-refractivity contribution < 1.29 is 0 Å². The molecule has 4 aliphatic rings. The molecule has 1 aromatic heterocycles. The average Bonchev–Trinajstić information content (AvgIpc) is 3.02. The molecule has 1 heterocycles. The largest absolute Gasteiger partial charge is 0.248 e. The highest BCUT2D eigenvalue weighted by molar-refractivity contribution is 5.67. The summed E-state index contributed by atoms with van der Waals surface area (Å²) >= 11 is 0. The number of rotatable bonds is 3. The van der Waals surface area contributed by atoms with Crippen molar-refractivity contribution in [3.8, 4) is 22.5 Å². The van der Waals surface area contributed by atoms with Crippen molar-refractivity contribution in [1.29, 1.82) is 0 Å². The molecule has 0 aliphatic heterocycles. The van der Waals surface area contributed by atoms with Crippen LogP contribution in [-0.2, 0) is 0 Å². The van der Waals surface area contributed by atoms with Gasteiger partial charge in [0.15, 0.2) is 0 Å². The number of benzene rings is 2. The van der Waals surface area contributed by atoms with Gasteiger partial charge in [-0.2, -0.15) is 0 Å². The lowest BCUT2D eigenvalue weighted by atomic mass is 9.51. The molecule has 39 heavy (non-hydrogen) atoms. The van der Waals surface area contributed by atoms with Gasteiger partial charge in [-0.05, 0) is 130 Å². The Balaban J connectivity index is 1.04. The van der Waals surface area contributed by atoms with Crippen molar-refractivity contribution in [2.24, 2.45) is 16.2 Å². The Hall–Kier alpha value is -2.41. The normalized spacial score (nSPS) is 24.2. The number of pyridine rings is 1. The Morgan fingerprint density at radius 2 is 0.872 bits per heavy atom. The van der Waals surface area contributed by atoms with Gasteiger partial charge >= 0.3 is 0 Å². The molecule has 4 saturated carbocycles. The van der Waals surface area contributed by atoms with Crippen molar-refractivity contribution in [2.45, 2.75) is 115 Å². The van der Waals surface area contributed by atoms with Crippen LogP contribution in [0.4, 0.5) is 0 Å². The quantitative estimate of drug-likeness (QED) is 0.337. The molecule has 0 atom stereocenters. The van der Waals surface area contributed by atoms with Crippen LogP contribution in [0.3, 0.4) is 0 Å². The van der Waals surface area contributed by atoms with Crippen LogP contribution in [-0.4, -0.2) is 4.98 Å². The van der Waals surface area contributed by atoms with Crippen molar-refractivity contribution in [3.63, 3.8) is 0 Å². The molecule has 3 spiro atoms. The van der Waals surface area contributed by atoms with Crippen LogP contribution in [0.15, 0.2) is 72.8 Å². The third kappa shape index (κ3) is 5.23. The second-order valence-electron chi connectivity index (χ2n) is 14.2. The molecule has 0 radical (unpaired) electrons. The van der Waals surface area contributed by atoms with Gasteiger partial charge in [0.05, 0.1) is 11.4 Å². The maximum atomic E-state index is 5.13. The van der Waals surface area contributed by atoms with Crippen LogP contribution < -0.4 is 0 Å². The summed E-state index contributed by atoms with van der Waals surface area (Å²) in [4.78, 5) is 5.13. The summed E-state index contributed by atoms with van der Waals surface area (Å²) in [5, 5.41) is 0. The van der Waals surface area contributed by atoms with Crippen molar-refractivity contribution >= 4 is 0 Å². The fourth-order valence-corrected chi connectivity index (χ4v) is 9.29. The summed E-state index contributed by atoms with van der Waals surface area (Å²) in [5.74, 6) is 0.667. The predicted octanol–water partition coefficient (Wildman–Crippen LogP) is 11.1. The zero-order valence-electron chi connectivity index (χ0n) is 24.0. The first-order valence-corrected chi connectivity index (χ1v) is 16.3. The van der Waals surface area contributed by atoms with Gasteiger partial charge in [0, 0.05) is 11.1 Å². The molecule has 0 amide bonds. The molecule has 7 rings (SSSR count). The third-order valence-corrected chi connectivity index (χ3v) is 12.2. The molecule has 3 aromatic rings. The van der Waals surface area contributed by atoms with E-state index in [-0.39, 0.29) is 0 Å². The first-order valence-electron chi connectivity index (χ1n) is 16.3. The summed E-state index contributed by atoms with van der Waals surface area (Å²) < 4.78 is 0. The Morgan fingerprint density at radius 3 is 1.33 bits per heavy atom. The third-order valence-electron chi connectivity index (χ3n) is 12.2. The molecule has 0 unspecified atom stereocenters. The molecule has 1 nitrogen and oxygen atoms in total. The van der Waals surface area contributed by atoms with E-state index >= 15 is 0 Å². The maximum absolute atomic E-state index is 5.13. The summed E-state index contributed by atoms with van der Waals surface area (Å²) in [7, 11) is 0. The van der Waals surface area contributed by atoms with E-state index in [9.17, 15) is 0 Å². The van der Waals surface area contributed by atoms with E-state index in [0.717, 1.165) is 16.8 Å². The molecule has 0 bridgehead atoms. The monoisotopic (exact) mass is 517 g/mol. The van der Waals surface area contributed by atoms with E-state index < -0.39 is 0 Å². The van der Waals surface area contributed by atoms with Gasteiger partial charge in [-0.15, -0.1) is 0 Å². The number of aromatic nitrogens is 1. The Kier molecular flexibility index (Phi) is 6.90. The smallest absolute Gasteiger partial charge is 0.0712 e. The lowest BCUT2D eigenvalue weighted by Gasteiger charge is -2.54. The fourth-order valence-electron chi connectivity index (χ4n) is 9.29. The van der Waals surface area contributed by atoms with Crippen LogP contribution in [0.5, 0.6) is 0 Å². The minimum Gasteiger partial charge on any atom is -0.248 e. The standard InChI is InChI=1S/C38H47N/c1-4-10-31(11-5-1)34-28-33(29-35(39-34)32-12-6-2-7-13-32)30-14-18-37(19-15-30)22-26-38(27-23-37)24-20-36(21-25-38)16-8-3-9-17-36/h1-2,4-7,10-13,28-30H,3,8-9,14-27H2. The molecule has 1 heteroatoms. The molecule has 4 aliphatic carbocycles. The van der Waals surface area contributed by atoms with Crippen LogP contribution in [0.25, 0.3) is 22.5 Å². The topological polar surface area (TPSA) is 12.9 Å². The molecule has 204 valence electrons. The van der Waals surface area contributed by atoms with E-state index in [1.54, 1.807) is 38.5 Å². The van der Waals surface area contributed by atoms with E-state index in [0.29, 0.717) is 16.7 Å². The Morgan fingerprint density at radius 1 is 0.462 bits per heavy atom. The van der Waals surface area contributed by atoms with Crippen LogP contribution in [0, 0.1) is 16.2 Å². The summed E-state index contributed by atoms with van der Waals surface area (Å²) in [6.07, 6.45) is 25.4. The predicted molar refractivity (Wildman–Crippen MR) is 164 cm³/mol. The number of nitrogens with zero attached hydrogens (tertiary/aromatic N) is 1. The summed E-state index contributed by atoms with van der Waals surface area (Å²) in [6.45, 7) is 0. The van der Waals surface area contributed by atoms with Crippen LogP contribution in [0.1, 0.15) is 121 Å². The molecule has 0 saturated heterocycles. The van der Waals surface area contributed by atoms with Gasteiger partial charge in [-0.3, -0.25) is 0 Å². The zero-order chi connectivity index (χ0) is 26.2. The van der Waals surface area contributed by atoms with Crippen molar-refractivity contribution in [1.82, 2.24) is 4.98 Å². The minimum absolute atomic E-state index is 0.638. The molecule has 2 aromatic carbocycles. The molecule has 4 fully saturated rings. The first kappa shape index (κ1) is 25.6. The van der Waals surface area contributed by atoms with Crippen LogP contribution >= 0.6 is 0 Å². The van der Waals surface area contributed by atoms with Crippen LogP contribution in [0.2, 0.25) is 0 Å². The van der Waals surface area contributed by atoms with Gasteiger partial charge in [0.1, 0.15) is 0 Å². The van der Waals surface area contributed by atoms with Gasteiger partial charge in [-0.25, -0.2) is 4.98 Å². The van der Waals surface area contributed by atoms with E-state index in [2.05, 4.69) is 72.8 Å².